The zero-order valence-corrected chi connectivity index (χ0v) is 15.9. The first kappa shape index (κ1) is 22.9. The van der Waals surface area contributed by atoms with Crippen molar-refractivity contribution >= 4 is 11.9 Å². The number of carboxylic acids is 1. The van der Waals surface area contributed by atoms with Crippen molar-refractivity contribution in [3.8, 4) is 0 Å². The van der Waals surface area contributed by atoms with Gasteiger partial charge in [-0.3, -0.25) is 9.59 Å². The summed E-state index contributed by atoms with van der Waals surface area (Å²) in [6.45, 7) is 3.84. The van der Waals surface area contributed by atoms with Gasteiger partial charge in [0.1, 0.15) is 0 Å². The minimum Gasteiger partial charge on any atom is -0.481 e. The first-order valence-electron chi connectivity index (χ1n) is 10.0. The van der Waals surface area contributed by atoms with Crippen LogP contribution in [0.25, 0.3) is 0 Å². The van der Waals surface area contributed by atoms with Crippen LogP contribution in [-0.2, 0) is 9.59 Å². The van der Waals surface area contributed by atoms with E-state index in [9.17, 15) is 9.59 Å². The molecule has 2 N–H and O–H groups in total. The number of nitrogens with one attached hydrogen (secondary N) is 1. The molecular weight excluding hydrogens is 302 g/mol. The Labute approximate surface area is 148 Å². The lowest BCUT2D eigenvalue weighted by atomic mass is 10.00. The number of unbranched alkanes of at least 4 members (excludes halogenated alkanes) is 10. The molecule has 0 saturated heterocycles. The molecule has 1 amide bonds. The second kappa shape index (κ2) is 16.8. The number of aliphatic carboxylic acids is 1. The van der Waals surface area contributed by atoms with Crippen LogP contribution in [0.4, 0.5) is 0 Å². The van der Waals surface area contributed by atoms with Crippen LogP contribution in [0.3, 0.4) is 0 Å². The van der Waals surface area contributed by atoms with Gasteiger partial charge in [0.25, 0.3) is 0 Å². The Bertz CT molecular complexity index is 318. The summed E-state index contributed by atoms with van der Waals surface area (Å²) in [5.41, 5.74) is 0. The average molecular weight is 342 g/mol. The molecule has 1 atom stereocenters. The van der Waals surface area contributed by atoms with Gasteiger partial charge in [-0.25, -0.2) is 0 Å². The van der Waals surface area contributed by atoms with Crippen molar-refractivity contribution < 1.29 is 14.7 Å². The molecule has 0 aliphatic rings. The molecule has 0 aliphatic carbocycles. The van der Waals surface area contributed by atoms with Gasteiger partial charge in [-0.05, 0) is 19.3 Å². The molecule has 0 aromatic carbocycles. The molecular formula is C20H39NO3. The second-order valence-corrected chi connectivity index (χ2v) is 7.01. The molecule has 0 aromatic heterocycles. The zero-order valence-electron chi connectivity index (χ0n) is 15.9. The lowest BCUT2D eigenvalue weighted by molar-refractivity contribution is -0.137. The van der Waals surface area contributed by atoms with Crippen LogP contribution < -0.4 is 5.32 Å². The summed E-state index contributed by atoms with van der Waals surface area (Å²) >= 11 is 0. The van der Waals surface area contributed by atoms with Crippen molar-refractivity contribution in [2.45, 2.75) is 116 Å². The summed E-state index contributed by atoms with van der Waals surface area (Å²) in [6.07, 6.45) is 16.7. The summed E-state index contributed by atoms with van der Waals surface area (Å²) in [5.74, 6) is -0.625. The maximum atomic E-state index is 11.3. The van der Waals surface area contributed by atoms with E-state index in [0.717, 1.165) is 44.9 Å². The van der Waals surface area contributed by atoms with E-state index in [1.807, 2.05) is 0 Å². The van der Waals surface area contributed by atoms with Gasteiger partial charge in [-0.2, -0.15) is 0 Å². The number of hydrogen-bond acceptors (Lipinski definition) is 2. The van der Waals surface area contributed by atoms with Crippen molar-refractivity contribution in [1.82, 2.24) is 5.32 Å². The fraction of sp³-hybridized carbons (Fsp3) is 0.900. The highest BCUT2D eigenvalue weighted by Crippen LogP contribution is 2.14. The highest BCUT2D eigenvalue weighted by atomic mass is 16.4. The predicted molar refractivity (Wildman–Crippen MR) is 100 cm³/mol. The topological polar surface area (TPSA) is 66.4 Å². The van der Waals surface area contributed by atoms with E-state index in [0.29, 0.717) is 6.04 Å². The molecule has 0 aromatic rings. The van der Waals surface area contributed by atoms with E-state index in [-0.39, 0.29) is 12.3 Å². The highest BCUT2D eigenvalue weighted by molar-refractivity contribution is 5.73. The Balaban J connectivity index is 3.66. The molecule has 4 heteroatoms. The normalized spacial score (nSPS) is 12.1. The van der Waals surface area contributed by atoms with Gasteiger partial charge >= 0.3 is 5.97 Å². The highest BCUT2D eigenvalue weighted by Gasteiger charge is 2.09. The van der Waals surface area contributed by atoms with E-state index in [1.165, 1.54) is 44.9 Å². The molecule has 0 saturated carbocycles. The first-order valence-corrected chi connectivity index (χ1v) is 10.0. The summed E-state index contributed by atoms with van der Waals surface area (Å²) < 4.78 is 0. The molecule has 4 nitrogen and oxygen atoms in total. The van der Waals surface area contributed by atoms with Crippen LogP contribution in [0, 0.1) is 0 Å². The van der Waals surface area contributed by atoms with Crippen molar-refractivity contribution in [2.75, 3.05) is 0 Å². The fourth-order valence-corrected chi connectivity index (χ4v) is 3.12. The number of amides is 1. The average Bonchev–Trinajstić information content (AvgIpc) is 2.52. The predicted octanol–water partition coefficient (Wildman–Crippen LogP) is 5.45. The Hall–Kier alpha value is -1.06. The summed E-state index contributed by atoms with van der Waals surface area (Å²) in [4.78, 5) is 21.8. The lowest BCUT2D eigenvalue weighted by Crippen LogP contribution is -2.32. The Morgan fingerprint density at radius 1 is 0.792 bits per heavy atom. The quantitative estimate of drug-likeness (QED) is 0.346. The Kier molecular flexibility index (Phi) is 16.0. The van der Waals surface area contributed by atoms with Gasteiger partial charge in [0.15, 0.2) is 0 Å². The van der Waals surface area contributed by atoms with Gasteiger partial charge in [-0.1, -0.05) is 77.6 Å². The molecule has 24 heavy (non-hydrogen) atoms. The Morgan fingerprint density at radius 2 is 1.25 bits per heavy atom. The minimum atomic E-state index is -0.699. The van der Waals surface area contributed by atoms with E-state index < -0.39 is 5.97 Å². The number of hydrogen-bond donors (Lipinski definition) is 2. The van der Waals surface area contributed by atoms with Gasteiger partial charge < -0.3 is 10.4 Å². The lowest BCUT2D eigenvalue weighted by Gasteiger charge is -2.17. The van der Waals surface area contributed by atoms with Crippen LogP contribution >= 0.6 is 0 Å². The van der Waals surface area contributed by atoms with Crippen molar-refractivity contribution in [1.29, 1.82) is 0 Å². The minimum absolute atomic E-state index is 0.0735. The molecule has 0 aliphatic heterocycles. The third kappa shape index (κ3) is 17.3. The summed E-state index contributed by atoms with van der Waals surface area (Å²) in [5, 5.41) is 11.7. The monoisotopic (exact) mass is 341 g/mol. The van der Waals surface area contributed by atoms with Gasteiger partial charge in [0.05, 0.1) is 0 Å². The largest absolute Gasteiger partial charge is 0.481 e. The molecule has 142 valence electrons. The molecule has 0 spiro atoms. The van der Waals surface area contributed by atoms with E-state index >= 15 is 0 Å². The SMILES string of the molecule is CCCCCCCCCC(CCCCCCCC(=O)O)NC(C)=O. The summed E-state index contributed by atoms with van der Waals surface area (Å²) in [7, 11) is 0. The standard InChI is InChI=1S/C20H39NO3/c1-3-4-5-6-7-9-12-15-19(21-18(2)22)16-13-10-8-11-14-17-20(23)24/h19H,3-17H2,1-2H3,(H,21,22)(H,23,24). The molecule has 0 heterocycles. The van der Waals surface area contributed by atoms with E-state index in [1.54, 1.807) is 6.92 Å². The number of rotatable bonds is 17. The van der Waals surface area contributed by atoms with Crippen LogP contribution in [-0.4, -0.2) is 23.0 Å². The smallest absolute Gasteiger partial charge is 0.303 e. The Morgan fingerprint density at radius 3 is 1.71 bits per heavy atom. The zero-order chi connectivity index (χ0) is 18.0. The number of carbonyl (C=O) groups excluding carboxylic acids is 1. The molecule has 0 radical (unpaired) electrons. The van der Waals surface area contributed by atoms with Gasteiger partial charge in [0.2, 0.25) is 5.91 Å². The number of carbonyl (C=O) groups is 2. The molecule has 0 bridgehead atoms. The van der Waals surface area contributed by atoms with E-state index in [2.05, 4.69) is 12.2 Å². The van der Waals surface area contributed by atoms with Crippen LogP contribution in [0.15, 0.2) is 0 Å². The van der Waals surface area contributed by atoms with Crippen LogP contribution in [0.5, 0.6) is 0 Å². The van der Waals surface area contributed by atoms with Crippen molar-refractivity contribution in [2.24, 2.45) is 0 Å². The van der Waals surface area contributed by atoms with E-state index in [4.69, 9.17) is 5.11 Å². The van der Waals surface area contributed by atoms with Gasteiger partial charge in [-0.15, -0.1) is 0 Å². The van der Waals surface area contributed by atoms with Crippen molar-refractivity contribution in [3.63, 3.8) is 0 Å². The summed E-state index contributed by atoms with van der Waals surface area (Å²) in [6, 6.07) is 0.317. The number of carboxylic acid groups (broad SMARTS) is 1. The van der Waals surface area contributed by atoms with Crippen LogP contribution in [0.1, 0.15) is 110 Å². The third-order valence-corrected chi connectivity index (χ3v) is 4.51. The second-order valence-electron chi connectivity index (χ2n) is 7.01. The maximum Gasteiger partial charge on any atom is 0.303 e. The molecule has 1 unspecified atom stereocenters. The third-order valence-electron chi connectivity index (χ3n) is 4.51. The first-order chi connectivity index (χ1) is 11.6. The van der Waals surface area contributed by atoms with Crippen LogP contribution in [0.2, 0.25) is 0 Å². The maximum absolute atomic E-state index is 11.3. The molecule has 0 rings (SSSR count). The molecule has 0 fully saturated rings. The fourth-order valence-electron chi connectivity index (χ4n) is 3.12. The van der Waals surface area contributed by atoms with Crippen molar-refractivity contribution in [3.05, 3.63) is 0 Å². The van der Waals surface area contributed by atoms with Gasteiger partial charge in [0, 0.05) is 19.4 Å².